The van der Waals surface area contributed by atoms with Crippen molar-refractivity contribution in [1.82, 2.24) is 0 Å². The molecule has 5 nitrogen and oxygen atoms in total. The van der Waals surface area contributed by atoms with Gasteiger partial charge in [0.1, 0.15) is 17.6 Å². The molecule has 1 aliphatic carbocycles. The number of benzene rings is 2. The van der Waals surface area contributed by atoms with E-state index in [1.54, 1.807) is 17.0 Å². The fourth-order valence-corrected chi connectivity index (χ4v) is 5.20. The van der Waals surface area contributed by atoms with E-state index in [-0.39, 0.29) is 16.7 Å². The summed E-state index contributed by atoms with van der Waals surface area (Å²) in [6.45, 7) is 2.83. The lowest BCUT2D eigenvalue weighted by Crippen LogP contribution is -2.37. The van der Waals surface area contributed by atoms with Crippen molar-refractivity contribution in [3.05, 3.63) is 52.5 Å². The molecule has 0 bridgehead atoms. The van der Waals surface area contributed by atoms with Gasteiger partial charge in [0.2, 0.25) is 0 Å². The van der Waals surface area contributed by atoms with Crippen LogP contribution in [-0.2, 0) is 6.42 Å². The zero-order valence-corrected chi connectivity index (χ0v) is 21.5. The number of aliphatic imine (C=N–C) groups is 1. The van der Waals surface area contributed by atoms with Gasteiger partial charge in [-0.1, -0.05) is 31.4 Å². The van der Waals surface area contributed by atoms with E-state index in [4.69, 9.17) is 16.3 Å². The number of amides is 1. The Bertz CT molecular complexity index is 1050. The fourth-order valence-electron chi connectivity index (χ4n) is 4.46. The second-order valence-electron chi connectivity index (χ2n) is 9.03. The van der Waals surface area contributed by atoms with Crippen LogP contribution < -0.4 is 9.64 Å². The van der Waals surface area contributed by atoms with Crippen LogP contribution in [0.1, 0.15) is 54.9 Å². The molecule has 1 atom stereocenters. The number of ether oxygens (including phenoxy) is 1. The van der Waals surface area contributed by atoms with Crippen LogP contribution in [0.5, 0.6) is 11.5 Å². The lowest BCUT2D eigenvalue weighted by molar-refractivity contribution is 0.0980. The molecule has 7 heteroatoms. The van der Waals surface area contributed by atoms with Crippen LogP contribution in [0.3, 0.4) is 0 Å². The highest BCUT2D eigenvalue weighted by atomic mass is 35.5. The smallest absolute Gasteiger partial charge is 0.258 e. The zero-order chi connectivity index (χ0) is 24.1. The maximum absolute atomic E-state index is 12.8. The number of rotatable bonds is 6. The Hall–Kier alpha value is -2.18. The number of carbonyl (C=O) groups is 1. The van der Waals surface area contributed by atoms with Gasteiger partial charge in [0.15, 0.2) is 0 Å². The first kappa shape index (κ1) is 24.9. The SMILES string of the molecule is CCCCC1CCC1=NC.O=C1c2ccc(OC3CSC3)cc2CCN1c1ccc(O)c(Cl)c1. The molecule has 2 fully saturated rings. The minimum absolute atomic E-state index is 0.0150. The van der Waals surface area contributed by atoms with E-state index in [0.717, 1.165) is 35.2 Å². The molecule has 1 saturated heterocycles. The van der Waals surface area contributed by atoms with Crippen molar-refractivity contribution in [3.8, 4) is 11.5 Å². The summed E-state index contributed by atoms with van der Waals surface area (Å²) in [7, 11) is 1.92. The maximum atomic E-state index is 12.8. The molecule has 2 aliphatic heterocycles. The van der Waals surface area contributed by atoms with Crippen molar-refractivity contribution in [2.45, 2.75) is 51.6 Å². The van der Waals surface area contributed by atoms with Gasteiger partial charge < -0.3 is 14.7 Å². The van der Waals surface area contributed by atoms with Crippen LogP contribution in [-0.4, -0.2) is 47.9 Å². The van der Waals surface area contributed by atoms with Gasteiger partial charge in [-0.3, -0.25) is 9.79 Å². The second-order valence-corrected chi connectivity index (χ2v) is 10.5. The molecule has 1 N–H and O–H groups in total. The van der Waals surface area contributed by atoms with Crippen molar-refractivity contribution in [3.63, 3.8) is 0 Å². The van der Waals surface area contributed by atoms with E-state index in [9.17, 15) is 9.90 Å². The number of nitrogens with zero attached hydrogens (tertiary/aromatic N) is 2. The highest BCUT2D eigenvalue weighted by molar-refractivity contribution is 8.00. The average molecular weight is 501 g/mol. The Morgan fingerprint density at radius 2 is 2.03 bits per heavy atom. The number of anilines is 1. The number of unbranched alkanes of at least 4 members (excludes halogenated alkanes) is 1. The summed E-state index contributed by atoms with van der Waals surface area (Å²) in [5.74, 6) is 3.74. The third-order valence-electron chi connectivity index (χ3n) is 6.72. The molecule has 2 aromatic carbocycles. The van der Waals surface area contributed by atoms with Gasteiger partial charge in [0.25, 0.3) is 5.91 Å². The summed E-state index contributed by atoms with van der Waals surface area (Å²) in [6, 6.07) is 10.5. The Kier molecular flexibility index (Phi) is 8.43. The highest BCUT2D eigenvalue weighted by Gasteiger charge is 2.27. The van der Waals surface area contributed by atoms with Crippen LogP contribution in [0, 0.1) is 5.92 Å². The largest absolute Gasteiger partial charge is 0.506 e. The van der Waals surface area contributed by atoms with E-state index in [2.05, 4.69) is 11.9 Å². The number of carbonyl (C=O) groups excluding carboxylic acids is 1. The van der Waals surface area contributed by atoms with E-state index in [1.165, 1.54) is 43.9 Å². The first-order valence-electron chi connectivity index (χ1n) is 12.1. The number of phenols is 1. The van der Waals surface area contributed by atoms with Crippen molar-refractivity contribution in [2.75, 3.05) is 30.0 Å². The van der Waals surface area contributed by atoms with Crippen LogP contribution in [0.15, 0.2) is 41.4 Å². The molecule has 182 valence electrons. The van der Waals surface area contributed by atoms with Crippen molar-refractivity contribution in [2.24, 2.45) is 10.9 Å². The summed E-state index contributed by atoms with van der Waals surface area (Å²) in [6.07, 6.45) is 7.80. The third-order valence-corrected chi connectivity index (χ3v) is 8.24. The Labute approximate surface area is 211 Å². The summed E-state index contributed by atoms with van der Waals surface area (Å²) < 4.78 is 5.90. The fraction of sp³-hybridized carbons (Fsp3) is 0.481. The number of hydrogen-bond acceptors (Lipinski definition) is 5. The molecule has 1 unspecified atom stereocenters. The van der Waals surface area contributed by atoms with E-state index in [0.29, 0.717) is 23.9 Å². The van der Waals surface area contributed by atoms with Gasteiger partial charge in [-0.25, -0.2) is 0 Å². The summed E-state index contributed by atoms with van der Waals surface area (Å²) in [5.41, 5.74) is 3.88. The predicted octanol–water partition coefficient (Wildman–Crippen LogP) is 6.40. The lowest BCUT2D eigenvalue weighted by atomic mass is 9.79. The van der Waals surface area contributed by atoms with Crippen molar-refractivity contribution in [1.29, 1.82) is 0 Å². The molecule has 0 radical (unpaired) electrons. The molecule has 0 spiro atoms. The number of thioether (sulfide) groups is 1. The molecule has 34 heavy (non-hydrogen) atoms. The topological polar surface area (TPSA) is 62.1 Å². The summed E-state index contributed by atoms with van der Waals surface area (Å²) in [5, 5.41) is 9.79. The third kappa shape index (κ3) is 5.72. The summed E-state index contributed by atoms with van der Waals surface area (Å²) in [4.78, 5) is 18.7. The van der Waals surface area contributed by atoms with E-state index in [1.807, 2.05) is 37.0 Å². The number of halogens is 1. The minimum atomic E-state index is -0.0521. The normalized spacial score (nSPS) is 20.7. The van der Waals surface area contributed by atoms with Crippen molar-refractivity contribution < 1.29 is 14.6 Å². The second kappa shape index (κ2) is 11.5. The minimum Gasteiger partial charge on any atom is -0.506 e. The predicted molar refractivity (Wildman–Crippen MR) is 142 cm³/mol. The van der Waals surface area contributed by atoms with Crippen molar-refractivity contribution >= 4 is 40.7 Å². The van der Waals surface area contributed by atoms with E-state index >= 15 is 0 Å². The quantitative estimate of drug-likeness (QED) is 0.498. The lowest BCUT2D eigenvalue weighted by Gasteiger charge is -2.30. The Morgan fingerprint density at radius 3 is 2.65 bits per heavy atom. The molecule has 2 heterocycles. The Morgan fingerprint density at radius 1 is 1.21 bits per heavy atom. The molecule has 3 aliphatic rings. The number of hydrogen-bond donors (Lipinski definition) is 1. The maximum Gasteiger partial charge on any atom is 0.258 e. The molecule has 0 aromatic heterocycles. The molecule has 2 aromatic rings. The number of fused-ring (bicyclic) bond motifs is 1. The van der Waals surface area contributed by atoms with Gasteiger partial charge >= 0.3 is 0 Å². The first-order valence-corrected chi connectivity index (χ1v) is 13.7. The van der Waals surface area contributed by atoms with E-state index < -0.39 is 0 Å². The van der Waals surface area contributed by atoms with Crippen LogP contribution >= 0.6 is 23.4 Å². The number of aromatic hydroxyl groups is 1. The van der Waals surface area contributed by atoms with Gasteiger partial charge in [-0.2, -0.15) is 11.8 Å². The van der Waals surface area contributed by atoms with Gasteiger partial charge in [0, 0.05) is 42.1 Å². The van der Waals surface area contributed by atoms with Gasteiger partial charge in [-0.05, 0) is 73.6 Å². The molecule has 5 rings (SSSR count). The average Bonchev–Trinajstić information content (AvgIpc) is 2.79. The Balaban J connectivity index is 0.000000231. The monoisotopic (exact) mass is 500 g/mol. The molecule has 1 saturated carbocycles. The van der Waals surface area contributed by atoms with Crippen LogP contribution in [0.4, 0.5) is 5.69 Å². The zero-order valence-electron chi connectivity index (χ0n) is 19.9. The standard InChI is InChI=1S/C18H16ClNO3S.C9H17N/c19-16-8-12(1-4-17(16)21)20-6-5-11-7-13(23-14-9-24-10-14)2-3-15(11)18(20)22;1-3-4-5-8-6-7-9(8)10-2/h1-4,7-8,14,21H,5-6,9-10H2;8H,3-7H2,1-2H3. The van der Waals surface area contributed by atoms with Gasteiger partial charge in [0.05, 0.1) is 5.02 Å². The molecule has 1 amide bonds. The number of phenolic OH excluding ortho intramolecular Hbond substituents is 1. The molecular weight excluding hydrogens is 468 g/mol. The van der Waals surface area contributed by atoms with Crippen LogP contribution in [0.25, 0.3) is 0 Å². The van der Waals surface area contributed by atoms with Crippen LogP contribution in [0.2, 0.25) is 5.02 Å². The first-order chi connectivity index (χ1) is 16.5. The summed E-state index contributed by atoms with van der Waals surface area (Å²) >= 11 is 7.84. The highest BCUT2D eigenvalue weighted by Crippen LogP contribution is 2.33. The molecular formula is C27H33ClN2O3S. The van der Waals surface area contributed by atoms with Gasteiger partial charge in [-0.15, -0.1) is 0 Å².